The predicted molar refractivity (Wildman–Crippen MR) is 165 cm³/mol. The van der Waals surface area contributed by atoms with Gasteiger partial charge in [0.2, 0.25) is 11.8 Å². The number of carbonyl (C=O) groups is 3. The number of anilines is 2. The van der Waals surface area contributed by atoms with Crippen LogP contribution in [0.15, 0.2) is 66.7 Å². The van der Waals surface area contributed by atoms with Crippen LogP contribution in [0.5, 0.6) is 0 Å². The fraction of sp³-hybridized carbons (Fsp3) is 0.364. The molecule has 3 aliphatic rings. The minimum absolute atomic E-state index is 0.0628. The highest BCUT2D eigenvalue weighted by molar-refractivity contribution is 6.38. The molecule has 11 heteroatoms. The topological polar surface area (TPSA) is 90.0 Å². The van der Waals surface area contributed by atoms with E-state index < -0.39 is 54.7 Å². The fourth-order valence-corrected chi connectivity index (χ4v) is 7.25. The van der Waals surface area contributed by atoms with Gasteiger partial charge < -0.3 is 15.3 Å². The van der Waals surface area contributed by atoms with Gasteiger partial charge in [-0.25, -0.2) is 8.78 Å². The molecule has 1 aliphatic carbocycles. The summed E-state index contributed by atoms with van der Waals surface area (Å²) in [5, 5.41) is 12.8. The van der Waals surface area contributed by atoms with Crippen LogP contribution < -0.4 is 10.2 Å². The number of benzene rings is 3. The highest BCUT2D eigenvalue weighted by Gasteiger charge is 2.62. The molecule has 6 rings (SSSR count). The molecule has 1 saturated carbocycles. The maximum Gasteiger partial charge on any atom is 0.306 e. The Kier molecular flexibility index (Phi) is 7.93. The maximum absolute atomic E-state index is 15.4. The Morgan fingerprint density at radius 2 is 1.77 bits per heavy atom. The number of carbonyl (C=O) groups excluding carboxylic acids is 2. The van der Waals surface area contributed by atoms with E-state index in [0.29, 0.717) is 12.2 Å². The van der Waals surface area contributed by atoms with Crippen molar-refractivity contribution in [3.8, 4) is 11.1 Å². The molecule has 0 bridgehead atoms. The van der Waals surface area contributed by atoms with E-state index in [0.717, 1.165) is 24.0 Å². The zero-order valence-corrected chi connectivity index (χ0v) is 25.4. The summed E-state index contributed by atoms with van der Waals surface area (Å²) in [6.45, 7) is 1.09. The Morgan fingerprint density at radius 3 is 2.45 bits per heavy atom. The van der Waals surface area contributed by atoms with Crippen molar-refractivity contribution in [1.29, 1.82) is 0 Å². The molecule has 2 N–H and O–H groups in total. The average Bonchev–Trinajstić information content (AvgIpc) is 3.69. The first-order chi connectivity index (χ1) is 20.9. The second kappa shape index (κ2) is 11.4. The molecule has 2 aliphatic heterocycles. The summed E-state index contributed by atoms with van der Waals surface area (Å²) in [6, 6.07) is 18.7. The monoisotopic (exact) mass is 641 g/mol. The van der Waals surface area contributed by atoms with Gasteiger partial charge in [0.25, 0.3) is 5.92 Å². The number of halogens is 4. The Morgan fingerprint density at radius 1 is 1.09 bits per heavy atom. The van der Waals surface area contributed by atoms with Crippen LogP contribution in [0, 0.1) is 11.8 Å². The van der Waals surface area contributed by atoms with Gasteiger partial charge in [0.1, 0.15) is 5.54 Å². The normalized spacial score (nSPS) is 23.2. The fourth-order valence-electron chi connectivity index (χ4n) is 6.71. The van der Waals surface area contributed by atoms with Crippen LogP contribution in [-0.2, 0) is 19.9 Å². The summed E-state index contributed by atoms with van der Waals surface area (Å²) in [4.78, 5) is 43.4. The number of aliphatic carboxylic acids is 1. The van der Waals surface area contributed by atoms with Crippen LogP contribution >= 0.6 is 23.2 Å². The molecule has 230 valence electrons. The Labute approximate surface area is 263 Å². The number of para-hydroxylation sites is 1. The lowest BCUT2D eigenvalue weighted by Crippen LogP contribution is -2.57. The van der Waals surface area contributed by atoms with E-state index in [4.69, 9.17) is 23.2 Å². The molecule has 1 saturated heterocycles. The van der Waals surface area contributed by atoms with Crippen LogP contribution in [0.3, 0.4) is 0 Å². The highest BCUT2D eigenvalue weighted by Crippen LogP contribution is 2.52. The Hall–Kier alpha value is -3.53. The number of nitrogens with one attached hydrogen (secondary N) is 1. The lowest BCUT2D eigenvalue weighted by atomic mass is 9.83. The minimum atomic E-state index is -3.29. The van der Waals surface area contributed by atoms with E-state index in [-0.39, 0.29) is 33.1 Å². The molecule has 3 aromatic carbocycles. The number of alkyl halides is 2. The van der Waals surface area contributed by atoms with Crippen molar-refractivity contribution in [2.45, 2.75) is 50.1 Å². The molecule has 2 heterocycles. The van der Waals surface area contributed by atoms with Crippen molar-refractivity contribution < 1.29 is 28.3 Å². The SMILES string of the molecule is C[C@@H](C(=O)N(CC1CC1)c1ccccc1-c1ccccc1)[C@H]1CC(F)(F)CN1[C@@]1(CC(=O)O)C(=O)Nc2c(Cl)cc(Cl)cc21. The summed E-state index contributed by atoms with van der Waals surface area (Å²) in [5.41, 5.74) is 0.585. The van der Waals surface area contributed by atoms with Gasteiger partial charge in [-0.3, -0.25) is 19.3 Å². The number of hydrogen-bond acceptors (Lipinski definition) is 4. The van der Waals surface area contributed by atoms with Gasteiger partial charge in [0.05, 0.1) is 35.3 Å². The molecular formula is C33H31Cl2F2N3O4. The molecule has 7 nitrogen and oxygen atoms in total. The number of fused-ring (bicyclic) bond motifs is 1. The number of carboxylic acid groups (broad SMARTS) is 1. The summed E-state index contributed by atoms with van der Waals surface area (Å²) in [5.74, 6) is -6.58. The number of hydrogen-bond donors (Lipinski definition) is 2. The lowest BCUT2D eigenvalue weighted by molar-refractivity contribution is -0.147. The molecule has 0 radical (unpaired) electrons. The van der Waals surface area contributed by atoms with Crippen LogP contribution in [0.1, 0.15) is 38.2 Å². The smallest absolute Gasteiger partial charge is 0.306 e. The van der Waals surface area contributed by atoms with Crippen molar-refractivity contribution in [3.63, 3.8) is 0 Å². The van der Waals surface area contributed by atoms with Gasteiger partial charge in [0.15, 0.2) is 0 Å². The molecular weight excluding hydrogens is 611 g/mol. The van der Waals surface area contributed by atoms with Gasteiger partial charge in [0, 0.05) is 35.2 Å². The molecule has 0 aromatic heterocycles. The molecule has 0 spiro atoms. The van der Waals surface area contributed by atoms with Crippen molar-refractivity contribution >= 4 is 52.4 Å². The maximum atomic E-state index is 15.4. The van der Waals surface area contributed by atoms with Crippen molar-refractivity contribution in [1.82, 2.24) is 4.90 Å². The first-order valence-corrected chi connectivity index (χ1v) is 15.3. The van der Waals surface area contributed by atoms with E-state index in [1.54, 1.807) is 11.8 Å². The van der Waals surface area contributed by atoms with Crippen LogP contribution in [0.25, 0.3) is 11.1 Å². The van der Waals surface area contributed by atoms with Gasteiger partial charge >= 0.3 is 5.97 Å². The average molecular weight is 643 g/mol. The highest BCUT2D eigenvalue weighted by atomic mass is 35.5. The zero-order chi connectivity index (χ0) is 31.4. The first-order valence-electron chi connectivity index (χ1n) is 14.5. The van der Waals surface area contributed by atoms with Crippen LogP contribution in [0.2, 0.25) is 10.0 Å². The first kappa shape index (κ1) is 30.5. The molecule has 3 atom stereocenters. The van der Waals surface area contributed by atoms with Gasteiger partial charge in [-0.2, -0.15) is 0 Å². The summed E-state index contributed by atoms with van der Waals surface area (Å²) >= 11 is 12.7. The quantitative estimate of drug-likeness (QED) is 0.261. The summed E-state index contributed by atoms with van der Waals surface area (Å²) in [7, 11) is 0. The van der Waals surface area contributed by atoms with Crippen molar-refractivity contribution in [3.05, 3.63) is 82.3 Å². The zero-order valence-electron chi connectivity index (χ0n) is 23.9. The van der Waals surface area contributed by atoms with Gasteiger partial charge in [-0.15, -0.1) is 0 Å². The Balaban J connectivity index is 1.43. The summed E-state index contributed by atoms with van der Waals surface area (Å²) in [6.07, 6.45) is 0.368. The molecule has 2 fully saturated rings. The largest absolute Gasteiger partial charge is 0.481 e. The number of likely N-dealkylation sites (tertiary alicyclic amines) is 1. The number of carboxylic acids is 1. The van der Waals surface area contributed by atoms with E-state index >= 15 is 8.78 Å². The van der Waals surface area contributed by atoms with E-state index in [1.165, 1.54) is 17.0 Å². The number of rotatable bonds is 9. The Bertz CT molecular complexity index is 1630. The van der Waals surface area contributed by atoms with E-state index in [1.807, 2.05) is 54.6 Å². The molecule has 3 aromatic rings. The van der Waals surface area contributed by atoms with Gasteiger partial charge in [-0.1, -0.05) is 78.7 Å². The van der Waals surface area contributed by atoms with E-state index in [2.05, 4.69) is 5.32 Å². The van der Waals surface area contributed by atoms with Crippen molar-refractivity contribution in [2.75, 3.05) is 23.3 Å². The number of nitrogens with zero attached hydrogens (tertiary/aromatic N) is 2. The third-order valence-electron chi connectivity index (χ3n) is 8.97. The number of amides is 2. The second-order valence-electron chi connectivity index (χ2n) is 12.0. The third-order valence-corrected chi connectivity index (χ3v) is 9.49. The lowest BCUT2D eigenvalue weighted by Gasteiger charge is -2.42. The van der Waals surface area contributed by atoms with Gasteiger partial charge in [-0.05, 0) is 42.5 Å². The standard InChI is InChI=1S/C33H31Cl2F2N3O4/c1-19(30(43)39(17-20-11-12-20)26-10-6-5-9-23(26)21-7-3-2-4-8-21)27-15-32(36,37)18-40(27)33(16-28(41)42)24-13-22(34)14-25(35)29(24)38-31(33)44/h2-10,13-14,19-20,27H,11-12,15-18H2,1H3,(H,38,44)(H,41,42)/t19-,27-,33-/m1/s1. The molecule has 0 unspecified atom stereocenters. The molecule has 44 heavy (non-hydrogen) atoms. The third kappa shape index (κ3) is 5.46. The second-order valence-corrected chi connectivity index (χ2v) is 12.9. The van der Waals surface area contributed by atoms with Crippen LogP contribution in [-0.4, -0.2) is 52.8 Å². The van der Waals surface area contributed by atoms with Crippen LogP contribution in [0.4, 0.5) is 20.2 Å². The summed E-state index contributed by atoms with van der Waals surface area (Å²) < 4.78 is 30.8. The van der Waals surface area contributed by atoms with Crippen molar-refractivity contribution in [2.24, 2.45) is 11.8 Å². The minimum Gasteiger partial charge on any atom is -0.481 e. The molecule has 2 amide bonds. The predicted octanol–water partition coefficient (Wildman–Crippen LogP) is 7.07. The van der Waals surface area contributed by atoms with E-state index in [9.17, 15) is 19.5 Å².